The summed E-state index contributed by atoms with van der Waals surface area (Å²) in [5.41, 5.74) is 0.592. The Morgan fingerprint density at radius 3 is 2.57 bits per heavy atom. The monoisotopic (exact) mass is 405 g/mol. The van der Waals surface area contributed by atoms with Crippen molar-refractivity contribution >= 4 is 34.4 Å². The summed E-state index contributed by atoms with van der Waals surface area (Å²) in [4.78, 5) is 30.9. The van der Waals surface area contributed by atoms with Crippen LogP contribution in [-0.2, 0) is 9.59 Å². The molecule has 1 atom stereocenters. The Balaban J connectivity index is 1.96. The van der Waals surface area contributed by atoms with Crippen LogP contribution in [-0.4, -0.2) is 41.9 Å². The number of hydrogen-bond donors (Lipinski definition) is 1. The van der Waals surface area contributed by atoms with E-state index in [4.69, 9.17) is 4.74 Å². The zero-order chi connectivity index (χ0) is 20.4. The van der Waals surface area contributed by atoms with E-state index in [-0.39, 0.29) is 18.2 Å². The van der Waals surface area contributed by atoms with Gasteiger partial charge in [0.05, 0.1) is 12.3 Å². The van der Waals surface area contributed by atoms with Crippen molar-refractivity contribution in [2.45, 2.75) is 58.1 Å². The van der Waals surface area contributed by atoms with Crippen molar-refractivity contribution in [3.63, 3.8) is 0 Å². The van der Waals surface area contributed by atoms with Gasteiger partial charge in [0, 0.05) is 19.5 Å². The Hall–Kier alpha value is -2.02. The summed E-state index contributed by atoms with van der Waals surface area (Å²) in [7, 11) is 0. The minimum atomic E-state index is -0.439. The average molecular weight is 406 g/mol. The van der Waals surface area contributed by atoms with Crippen LogP contribution >= 0.6 is 11.8 Å². The maximum absolute atomic E-state index is 12.8. The van der Waals surface area contributed by atoms with E-state index in [0.29, 0.717) is 24.0 Å². The molecule has 1 aliphatic heterocycles. The van der Waals surface area contributed by atoms with Gasteiger partial charge in [-0.15, -0.1) is 0 Å². The van der Waals surface area contributed by atoms with Crippen LogP contribution in [0.3, 0.4) is 0 Å². The maximum atomic E-state index is 12.8. The van der Waals surface area contributed by atoms with Crippen molar-refractivity contribution in [3.05, 3.63) is 24.3 Å². The number of rotatable bonds is 10. The third-order valence-electron chi connectivity index (χ3n) is 4.35. The summed E-state index contributed by atoms with van der Waals surface area (Å²) < 4.78 is 5.73. The number of nitrogens with one attached hydrogen (secondary N) is 1. The zero-order valence-corrected chi connectivity index (χ0v) is 17.9. The molecule has 0 bridgehead atoms. The lowest BCUT2D eigenvalue weighted by atomic mass is 10.2. The standard InChI is InChI=1S/C21H31N3O3S/c1-4-7-8-9-14-27-17-12-10-16(11-13-17)24-19(25)15-18(20(24)26)28-21(22-5-2)23-6-3/h10-13,18H,4-9,14-15H2,1-3H3,(H,22,23)/t18-/m0/s1. The molecule has 0 unspecified atom stereocenters. The smallest absolute Gasteiger partial charge is 0.247 e. The van der Waals surface area contributed by atoms with Crippen molar-refractivity contribution in [1.29, 1.82) is 0 Å². The molecule has 7 heteroatoms. The van der Waals surface area contributed by atoms with E-state index in [1.807, 2.05) is 26.0 Å². The van der Waals surface area contributed by atoms with Crippen molar-refractivity contribution in [3.8, 4) is 5.75 Å². The van der Waals surface area contributed by atoms with E-state index in [0.717, 1.165) is 18.7 Å². The lowest BCUT2D eigenvalue weighted by Gasteiger charge is -2.16. The Bertz CT molecular complexity index is 676. The topological polar surface area (TPSA) is 71.0 Å². The van der Waals surface area contributed by atoms with Gasteiger partial charge in [0.25, 0.3) is 0 Å². The highest BCUT2D eigenvalue weighted by molar-refractivity contribution is 8.15. The van der Waals surface area contributed by atoms with Gasteiger partial charge in [0.15, 0.2) is 5.17 Å². The number of amidine groups is 1. The minimum Gasteiger partial charge on any atom is -0.494 e. The number of carbonyl (C=O) groups excluding carboxylic acids is 2. The molecule has 1 saturated heterocycles. The molecule has 1 aromatic rings. The van der Waals surface area contributed by atoms with E-state index < -0.39 is 5.25 Å². The number of anilines is 1. The minimum absolute atomic E-state index is 0.178. The van der Waals surface area contributed by atoms with Crippen molar-refractivity contribution in [2.24, 2.45) is 4.99 Å². The number of imide groups is 1. The fraction of sp³-hybridized carbons (Fsp3) is 0.571. The molecule has 1 fully saturated rings. The molecule has 0 aliphatic carbocycles. The van der Waals surface area contributed by atoms with Crippen molar-refractivity contribution in [1.82, 2.24) is 5.32 Å². The molecule has 0 saturated carbocycles. The van der Waals surface area contributed by atoms with Crippen LogP contribution in [0.1, 0.15) is 52.9 Å². The second kappa shape index (κ2) is 11.7. The van der Waals surface area contributed by atoms with Crippen LogP contribution in [0.2, 0.25) is 0 Å². The largest absolute Gasteiger partial charge is 0.494 e. The van der Waals surface area contributed by atoms with Gasteiger partial charge in [-0.05, 0) is 44.5 Å². The highest BCUT2D eigenvalue weighted by Gasteiger charge is 2.40. The van der Waals surface area contributed by atoms with Crippen LogP contribution in [0, 0.1) is 0 Å². The predicted molar refractivity (Wildman–Crippen MR) is 116 cm³/mol. The summed E-state index contributed by atoms with van der Waals surface area (Å²) in [5.74, 6) is 0.391. The molecule has 1 aromatic carbocycles. The number of thioether (sulfide) groups is 1. The molecule has 0 radical (unpaired) electrons. The van der Waals surface area contributed by atoms with Gasteiger partial charge in [-0.1, -0.05) is 37.9 Å². The third-order valence-corrected chi connectivity index (χ3v) is 5.50. The fourth-order valence-corrected chi connectivity index (χ4v) is 4.08. The quantitative estimate of drug-likeness (QED) is 0.276. The molecule has 1 heterocycles. The summed E-state index contributed by atoms with van der Waals surface area (Å²) in [6, 6.07) is 7.18. The first-order chi connectivity index (χ1) is 13.6. The van der Waals surface area contributed by atoms with Crippen molar-refractivity contribution < 1.29 is 14.3 Å². The van der Waals surface area contributed by atoms with Gasteiger partial charge < -0.3 is 10.1 Å². The summed E-state index contributed by atoms with van der Waals surface area (Å²) >= 11 is 1.33. The fourth-order valence-electron chi connectivity index (χ4n) is 2.94. The van der Waals surface area contributed by atoms with Crippen LogP contribution in [0.25, 0.3) is 0 Å². The Morgan fingerprint density at radius 2 is 1.93 bits per heavy atom. The number of aliphatic imine (C=N–C) groups is 1. The molecule has 1 N–H and O–H groups in total. The Kier molecular flexibility index (Phi) is 9.34. The summed E-state index contributed by atoms with van der Waals surface area (Å²) in [6.45, 7) is 8.15. The van der Waals surface area contributed by atoms with Crippen LogP contribution in [0.5, 0.6) is 5.75 Å². The van der Waals surface area contributed by atoms with Gasteiger partial charge in [0.1, 0.15) is 11.0 Å². The van der Waals surface area contributed by atoms with Crippen LogP contribution in [0.4, 0.5) is 5.69 Å². The lowest BCUT2D eigenvalue weighted by molar-refractivity contribution is -0.121. The van der Waals surface area contributed by atoms with Crippen LogP contribution < -0.4 is 15.0 Å². The average Bonchev–Trinajstić information content (AvgIpc) is 2.96. The normalized spacial score (nSPS) is 17.3. The third kappa shape index (κ3) is 6.26. The molecule has 0 spiro atoms. The van der Waals surface area contributed by atoms with E-state index >= 15 is 0 Å². The first-order valence-corrected chi connectivity index (χ1v) is 11.0. The molecule has 2 amide bonds. The predicted octanol–water partition coefficient (Wildman–Crippen LogP) is 4.00. The Morgan fingerprint density at radius 1 is 1.18 bits per heavy atom. The molecule has 28 heavy (non-hydrogen) atoms. The zero-order valence-electron chi connectivity index (χ0n) is 17.1. The number of amides is 2. The van der Waals surface area contributed by atoms with Gasteiger partial charge >= 0.3 is 0 Å². The molecule has 1 aliphatic rings. The van der Waals surface area contributed by atoms with Crippen LogP contribution in [0.15, 0.2) is 29.3 Å². The number of carbonyl (C=O) groups is 2. The first-order valence-electron chi connectivity index (χ1n) is 10.1. The van der Waals surface area contributed by atoms with Gasteiger partial charge in [-0.3, -0.25) is 14.6 Å². The molecular weight excluding hydrogens is 374 g/mol. The van der Waals surface area contributed by atoms with E-state index in [9.17, 15) is 9.59 Å². The number of nitrogens with zero attached hydrogens (tertiary/aromatic N) is 2. The number of unbranched alkanes of at least 4 members (excludes halogenated alkanes) is 3. The van der Waals surface area contributed by atoms with E-state index in [1.54, 1.807) is 12.1 Å². The number of ether oxygens (including phenoxy) is 1. The second-order valence-corrected chi connectivity index (χ2v) is 7.78. The van der Waals surface area contributed by atoms with Crippen molar-refractivity contribution in [2.75, 3.05) is 24.6 Å². The summed E-state index contributed by atoms with van der Waals surface area (Å²) in [5, 5.41) is 3.43. The molecule has 0 aromatic heterocycles. The highest BCUT2D eigenvalue weighted by Crippen LogP contribution is 2.31. The lowest BCUT2D eigenvalue weighted by Crippen LogP contribution is -2.32. The van der Waals surface area contributed by atoms with Gasteiger partial charge in [0.2, 0.25) is 11.8 Å². The molecule has 6 nitrogen and oxygen atoms in total. The second-order valence-electron chi connectivity index (χ2n) is 6.59. The summed E-state index contributed by atoms with van der Waals surface area (Å²) in [6.07, 6.45) is 4.81. The molecule has 154 valence electrons. The molecule has 2 rings (SSSR count). The number of benzene rings is 1. The van der Waals surface area contributed by atoms with E-state index in [1.165, 1.54) is 35.9 Å². The maximum Gasteiger partial charge on any atom is 0.247 e. The van der Waals surface area contributed by atoms with Gasteiger partial charge in [-0.25, -0.2) is 4.90 Å². The Labute approximate surface area is 172 Å². The highest BCUT2D eigenvalue weighted by atomic mass is 32.2. The number of hydrogen-bond acceptors (Lipinski definition) is 5. The SMILES string of the molecule is CCCCCCOc1ccc(N2C(=O)C[C@H](SC(=NCC)NCC)C2=O)cc1. The molecular formula is C21H31N3O3S. The van der Waals surface area contributed by atoms with Gasteiger partial charge in [-0.2, -0.15) is 0 Å². The van der Waals surface area contributed by atoms with E-state index in [2.05, 4.69) is 17.2 Å². The first kappa shape index (κ1) is 22.3.